The first-order valence-electron chi connectivity index (χ1n) is 9.97. The van der Waals surface area contributed by atoms with Crippen LogP contribution in [0.5, 0.6) is 5.75 Å². The van der Waals surface area contributed by atoms with Crippen LogP contribution in [0.25, 0.3) is 0 Å². The molecule has 0 fully saturated rings. The number of nitrogens with one attached hydrogen (secondary N) is 1. The lowest BCUT2D eigenvalue weighted by atomic mass is 9.87. The van der Waals surface area contributed by atoms with Crippen molar-refractivity contribution in [2.75, 3.05) is 23.7 Å². The predicted octanol–water partition coefficient (Wildman–Crippen LogP) is 3.64. The Bertz CT molecular complexity index is 946. The van der Waals surface area contributed by atoms with Crippen LogP contribution < -0.4 is 14.4 Å². The van der Waals surface area contributed by atoms with Crippen LogP contribution in [0.1, 0.15) is 38.8 Å². The van der Waals surface area contributed by atoms with Crippen LogP contribution in [0.15, 0.2) is 48.5 Å². The fraction of sp³-hybridized carbons (Fsp3) is 0.435. The van der Waals surface area contributed by atoms with Crippen LogP contribution in [-0.2, 0) is 20.2 Å². The van der Waals surface area contributed by atoms with Gasteiger partial charge in [-0.3, -0.25) is 9.10 Å². The molecule has 7 heteroatoms. The SMILES string of the molecule is Cc1ccc(N([C@@H](C)C(=O)NCCOc2ccc(C(C)(C)C)cc2)S(C)(=O)=O)cc1. The predicted molar refractivity (Wildman–Crippen MR) is 122 cm³/mol. The summed E-state index contributed by atoms with van der Waals surface area (Å²) in [6, 6.07) is 14.0. The van der Waals surface area contributed by atoms with Crippen molar-refractivity contribution < 1.29 is 17.9 Å². The first-order valence-corrected chi connectivity index (χ1v) is 11.8. The number of ether oxygens (including phenoxy) is 1. The fourth-order valence-corrected chi connectivity index (χ4v) is 4.22. The molecule has 0 saturated heterocycles. The molecule has 2 rings (SSSR count). The van der Waals surface area contributed by atoms with Gasteiger partial charge in [0.05, 0.1) is 18.5 Å². The van der Waals surface area contributed by atoms with E-state index in [4.69, 9.17) is 4.74 Å². The Morgan fingerprint density at radius 3 is 2.13 bits per heavy atom. The second kappa shape index (κ2) is 9.51. The smallest absolute Gasteiger partial charge is 0.243 e. The Labute approximate surface area is 180 Å². The first-order chi connectivity index (χ1) is 13.9. The molecule has 0 aromatic heterocycles. The number of anilines is 1. The van der Waals surface area contributed by atoms with E-state index in [0.29, 0.717) is 5.69 Å². The normalized spacial score (nSPS) is 12.9. The zero-order valence-corrected chi connectivity index (χ0v) is 19.4. The van der Waals surface area contributed by atoms with E-state index in [9.17, 15) is 13.2 Å². The number of amides is 1. The highest BCUT2D eigenvalue weighted by atomic mass is 32.2. The summed E-state index contributed by atoms with van der Waals surface area (Å²) in [4.78, 5) is 12.6. The molecule has 1 amide bonds. The molecule has 0 saturated carbocycles. The molecule has 2 aromatic rings. The number of hydrogen-bond donors (Lipinski definition) is 1. The van der Waals surface area contributed by atoms with Crippen LogP contribution in [0, 0.1) is 6.92 Å². The molecular weight excluding hydrogens is 400 g/mol. The summed E-state index contributed by atoms with van der Waals surface area (Å²) < 4.78 is 31.4. The summed E-state index contributed by atoms with van der Waals surface area (Å²) in [5.41, 5.74) is 2.76. The number of carbonyl (C=O) groups is 1. The number of aryl methyl sites for hydroxylation is 1. The van der Waals surface area contributed by atoms with Gasteiger partial charge in [-0.2, -0.15) is 0 Å². The van der Waals surface area contributed by atoms with Gasteiger partial charge in [-0.15, -0.1) is 0 Å². The first kappa shape index (κ1) is 23.7. The van der Waals surface area contributed by atoms with Crippen molar-refractivity contribution in [1.82, 2.24) is 5.32 Å². The lowest BCUT2D eigenvalue weighted by Gasteiger charge is -2.28. The summed E-state index contributed by atoms with van der Waals surface area (Å²) in [5.74, 6) is 0.343. The number of nitrogens with zero attached hydrogens (tertiary/aromatic N) is 1. The van der Waals surface area contributed by atoms with E-state index >= 15 is 0 Å². The van der Waals surface area contributed by atoms with Crippen molar-refractivity contribution in [1.29, 1.82) is 0 Å². The molecule has 0 radical (unpaired) electrons. The third kappa shape index (κ3) is 6.49. The average Bonchev–Trinajstić information content (AvgIpc) is 2.65. The zero-order valence-electron chi connectivity index (χ0n) is 18.6. The number of sulfonamides is 1. The quantitative estimate of drug-likeness (QED) is 0.646. The van der Waals surface area contributed by atoms with Crippen molar-refractivity contribution in [3.63, 3.8) is 0 Å². The molecule has 0 aliphatic carbocycles. The van der Waals surface area contributed by atoms with Crippen molar-refractivity contribution >= 4 is 21.6 Å². The molecule has 1 atom stereocenters. The fourth-order valence-electron chi connectivity index (χ4n) is 3.04. The number of hydrogen-bond acceptors (Lipinski definition) is 4. The lowest BCUT2D eigenvalue weighted by molar-refractivity contribution is -0.121. The highest BCUT2D eigenvalue weighted by molar-refractivity contribution is 7.92. The van der Waals surface area contributed by atoms with Crippen molar-refractivity contribution in [2.24, 2.45) is 0 Å². The van der Waals surface area contributed by atoms with Gasteiger partial charge in [0.2, 0.25) is 15.9 Å². The molecule has 0 aliphatic heterocycles. The number of carbonyl (C=O) groups excluding carboxylic acids is 1. The largest absolute Gasteiger partial charge is 0.492 e. The summed E-state index contributed by atoms with van der Waals surface area (Å²) in [7, 11) is -3.62. The zero-order chi connectivity index (χ0) is 22.5. The Hall–Kier alpha value is -2.54. The minimum absolute atomic E-state index is 0.0750. The average molecular weight is 433 g/mol. The maximum atomic E-state index is 12.6. The molecule has 0 aliphatic rings. The maximum Gasteiger partial charge on any atom is 0.243 e. The summed E-state index contributed by atoms with van der Waals surface area (Å²) in [6.07, 6.45) is 1.10. The highest BCUT2D eigenvalue weighted by Gasteiger charge is 2.28. The van der Waals surface area contributed by atoms with Crippen molar-refractivity contribution in [3.05, 3.63) is 59.7 Å². The van der Waals surface area contributed by atoms with Gasteiger partial charge >= 0.3 is 0 Å². The van der Waals surface area contributed by atoms with Gasteiger partial charge in [0.25, 0.3) is 0 Å². The van der Waals surface area contributed by atoms with Crippen LogP contribution in [0.3, 0.4) is 0 Å². The van der Waals surface area contributed by atoms with E-state index in [-0.39, 0.29) is 24.5 Å². The van der Waals surface area contributed by atoms with Gasteiger partial charge in [-0.25, -0.2) is 8.42 Å². The Morgan fingerprint density at radius 2 is 1.63 bits per heavy atom. The highest BCUT2D eigenvalue weighted by Crippen LogP contribution is 2.24. The van der Waals surface area contributed by atoms with Gasteiger partial charge in [-0.05, 0) is 49.1 Å². The topological polar surface area (TPSA) is 75.7 Å². The Balaban J connectivity index is 1.93. The molecule has 0 bridgehead atoms. The molecule has 0 spiro atoms. The van der Waals surface area contributed by atoms with Crippen LogP contribution in [0.4, 0.5) is 5.69 Å². The number of benzene rings is 2. The molecule has 2 aromatic carbocycles. The van der Waals surface area contributed by atoms with Crippen molar-refractivity contribution in [3.8, 4) is 5.75 Å². The number of rotatable bonds is 8. The summed E-state index contributed by atoms with van der Waals surface area (Å²) in [5, 5.41) is 2.75. The molecule has 6 nitrogen and oxygen atoms in total. The molecule has 164 valence electrons. The molecule has 1 N–H and O–H groups in total. The second-order valence-electron chi connectivity index (χ2n) is 8.48. The molecule has 0 heterocycles. The maximum absolute atomic E-state index is 12.6. The summed E-state index contributed by atoms with van der Waals surface area (Å²) >= 11 is 0. The van der Waals surface area contributed by atoms with Crippen LogP contribution in [-0.4, -0.2) is 39.8 Å². The van der Waals surface area contributed by atoms with E-state index in [1.54, 1.807) is 19.1 Å². The lowest BCUT2D eigenvalue weighted by Crippen LogP contribution is -2.48. The Kier molecular flexibility index (Phi) is 7.53. The monoisotopic (exact) mass is 432 g/mol. The van der Waals surface area contributed by atoms with Gasteiger partial charge in [0, 0.05) is 0 Å². The summed E-state index contributed by atoms with van der Waals surface area (Å²) in [6.45, 7) is 10.5. The molecule has 0 unspecified atom stereocenters. The third-order valence-corrected chi connectivity index (χ3v) is 6.01. The molecule has 30 heavy (non-hydrogen) atoms. The van der Waals surface area contributed by atoms with Gasteiger partial charge in [0.15, 0.2) is 0 Å². The second-order valence-corrected chi connectivity index (χ2v) is 10.3. The van der Waals surface area contributed by atoms with E-state index in [1.807, 2.05) is 43.3 Å². The van der Waals surface area contributed by atoms with E-state index < -0.39 is 16.1 Å². The Morgan fingerprint density at radius 1 is 1.07 bits per heavy atom. The van der Waals surface area contributed by atoms with Gasteiger partial charge < -0.3 is 10.1 Å². The third-order valence-electron chi connectivity index (χ3n) is 4.77. The van der Waals surface area contributed by atoms with E-state index in [0.717, 1.165) is 21.9 Å². The molecular formula is C23H32N2O4S. The van der Waals surface area contributed by atoms with Crippen LogP contribution in [0.2, 0.25) is 0 Å². The van der Waals surface area contributed by atoms with Crippen molar-refractivity contribution in [2.45, 2.75) is 46.1 Å². The minimum atomic E-state index is -3.62. The van der Waals surface area contributed by atoms with Gasteiger partial charge in [0.1, 0.15) is 18.4 Å². The standard InChI is InChI=1S/C23H32N2O4S/c1-17-7-11-20(12-8-17)25(30(6,27)28)18(2)22(26)24-15-16-29-21-13-9-19(10-14-21)23(3,4)5/h7-14,18H,15-16H2,1-6H3,(H,24,26)/t18-/m0/s1. The van der Waals surface area contributed by atoms with Gasteiger partial charge in [-0.1, -0.05) is 50.6 Å². The van der Waals surface area contributed by atoms with Crippen LogP contribution >= 0.6 is 0 Å². The van der Waals surface area contributed by atoms with E-state index in [1.165, 1.54) is 5.56 Å². The minimum Gasteiger partial charge on any atom is -0.492 e. The van der Waals surface area contributed by atoms with E-state index in [2.05, 4.69) is 26.1 Å².